The predicted octanol–water partition coefficient (Wildman–Crippen LogP) is 4.17. The van der Waals surface area contributed by atoms with Gasteiger partial charge < -0.3 is 4.90 Å². The van der Waals surface area contributed by atoms with Gasteiger partial charge in [0.2, 0.25) is 0 Å². The average Bonchev–Trinajstić information content (AvgIpc) is 2.54. The van der Waals surface area contributed by atoms with Crippen LogP contribution in [0.5, 0.6) is 0 Å². The first-order valence-corrected chi connectivity index (χ1v) is 7.79. The van der Waals surface area contributed by atoms with E-state index in [4.69, 9.17) is 0 Å². The Labute approximate surface area is 140 Å². The number of benzene rings is 1. The van der Waals surface area contributed by atoms with Crippen LogP contribution in [0.3, 0.4) is 0 Å². The average molecular weight is 330 g/mol. The van der Waals surface area contributed by atoms with Crippen LogP contribution in [-0.2, 0) is 0 Å². The van der Waals surface area contributed by atoms with E-state index in [-0.39, 0.29) is 11.6 Å². The van der Waals surface area contributed by atoms with Crippen molar-refractivity contribution in [3.8, 4) is 0 Å². The summed E-state index contributed by atoms with van der Waals surface area (Å²) in [6.45, 7) is 4.71. The van der Waals surface area contributed by atoms with E-state index in [2.05, 4.69) is 4.98 Å². The van der Waals surface area contributed by atoms with Crippen molar-refractivity contribution in [3.63, 3.8) is 0 Å². The number of carbonyl (C=O) groups excluding carboxylic acids is 1. The molecule has 0 N–H and O–H groups in total. The Morgan fingerprint density at radius 1 is 1.25 bits per heavy atom. The molecule has 2 aromatic rings. The van der Waals surface area contributed by atoms with Crippen LogP contribution < -0.4 is 0 Å². The minimum absolute atomic E-state index is 0.211. The van der Waals surface area contributed by atoms with E-state index in [1.807, 2.05) is 56.3 Å². The molecule has 0 bridgehead atoms. The number of rotatable bonds is 6. The highest BCUT2D eigenvalue weighted by atomic mass is 19.1. The van der Waals surface area contributed by atoms with Crippen molar-refractivity contribution in [2.45, 2.75) is 13.8 Å². The van der Waals surface area contributed by atoms with Crippen LogP contribution in [0, 0.1) is 17.6 Å². The molecule has 1 aromatic carbocycles. The van der Waals surface area contributed by atoms with Crippen molar-refractivity contribution in [1.29, 1.82) is 0 Å². The molecule has 0 fully saturated rings. The third-order valence-corrected chi connectivity index (χ3v) is 3.32. The first kappa shape index (κ1) is 17.8. The number of halogens is 2. The summed E-state index contributed by atoms with van der Waals surface area (Å²) in [7, 11) is 0. The summed E-state index contributed by atoms with van der Waals surface area (Å²) in [4.78, 5) is 17.6. The van der Waals surface area contributed by atoms with Gasteiger partial charge in [-0.05, 0) is 11.5 Å². The molecule has 1 amide bonds. The number of hydrogen-bond acceptors (Lipinski definition) is 2. The van der Waals surface area contributed by atoms with Gasteiger partial charge in [0, 0.05) is 19.2 Å². The van der Waals surface area contributed by atoms with Crippen LogP contribution in [0.4, 0.5) is 8.78 Å². The minimum atomic E-state index is -0.944. The van der Waals surface area contributed by atoms with E-state index in [1.54, 1.807) is 0 Å². The topological polar surface area (TPSA) is 33.2 Å². The fraction of sp³-hybridized carbons (Fsp3) is 0.263. The van der Waals surface area contributed by atoms with Gasteiger partial charge in [0.15, 0.2) is 11.5 Å². The molecule has 0 spiro atoms. The van der Waals surface area contributed by atoms with E-state index in [0.29, 0.717) is 19.2 Å². The molecule has 0 saturated carbocycles. The SMILES string of the molecule is CC(C)CN(C/C=C/c1ccccc1)C(=O)c1ncc(F)cc1F. The van der Waals surface area contributed by atoms with E-state index in [1.165, 1.54) is 4.90 Å². The summed E-state index contributed by atoms with van der Waals surface area (Å²) in [6.07, 6.45) is 4.59. The lowest BCUT2D eigenvalue weighted by Crippen LogP contribution is -2.35. The molecule has 0 aliphatic carbocycles. The number of pyridine rings is 1. The van der Waals surface area contributed by atoms with Crippen LogP contribution in [-0.4, -0.2) is 28.9 Å². The van der Waals surface area contributed by atoms with Crippen molar-refractivity contribution in [2.75, 3.05) is 13.1 Å². The summed E-state index contributed by atoms with van der Waals surface area (Å²) in [5, 5.41) is 0. The lowest BCUT2D eigenvalue weighted by atomic mass is 10.1. The quantitative estimate of drug-likeness (QED) is 0.796. The van der Waals surface area contributed by atoms with Gasteiger partial charge in [0.25, 0.3) is 5.91 Å². The highest BCUT2D eigenvalue weighted by Crippen LogP contribution is 2.11. The highest BCUT2D eigenvalue weighted by Gasteiger charge is 2.21. The van der Waals surface area contributed by atoms with Crippen molar-refractivity contribution < 1.29 is 13.6 Å². The van der Waals surface area contributed by atoms with Gasteiger partial charge >= 0.3 is 0 Å². The van der Waals surface area contributed by atoms with Crippen LogP contribution in [0.2, 0.25) is 0 Å². The summed E-state index contributed by atoms with van der Waals surface area (Å²) in [5.41, 5.74) is 0.658. The second-order valence-corrected chi connectivity index (χ2v) is 5.90. The number of carbonyl (C=O) groups is 1. The summed E-state index contributed by atoms with van der Waals surface area (Å²) in [6, 6.07) is 10.4. The summed E-state index contributed by atoms with van der Waals surface area (Å²) < 4.78 is 26.8. The van der Waals surface area contributed by atoms with Crippen molar-refractivity contribution in [2.24, 2.45) is 5.92 Å². The molecule has 1 heterocycles. The number of nitrogens with zero attached hydrogens (tertiary/aromatic N) is 2. The maximum Gasteiger partial charge on any atom is 0.275 e. The molecule has 0 atom stereocenters. The zero-order chi connectivity index (χ0) is 17.5. The van der Waals surface area contributed by atoms with Crippen molar-refractivity contribution >= 4 is 12.0 Å². The third-order valence-electron chi connectivity index (χ3n) is 3.32. The standard InChI is InChI=1S/C19H20F2N2O/c1-14(2)13-23(10-6-9-15-7-4-3-5-8-15)19(24)18-17(21)11-16(20)12-22-18/h3-9,11-12,14H,10,13H2,1-2H3/b9-6+. The predicted molar refractivity (Wildman–Crippen MR) is 90.4 cm³/mol. The molecule has 1 aromatic heterocycles. The maximum absolute atomic E-state index is 13.8. The molecule has 0 saturated heterocycles. The highest BCUT2D eigenvalue weighted by molar-refractivity contribution is 5.92. The molecule has 24 heavy (non-hydrogen) atoms. The lowest BCUT2D eigenvalue weighted by Gasteiger charge is -2.23. The van der Waals surface area contributed by atoms with Crippen LogP contribution in [0.15, 0.2) is 48.7 Å². The monoisotopic (exact) mass is 330 g/mol. The third kappa shape index (κ3) is 4.98. The molecule has 5 heteroatoms. The van der Waals surface area contributed by atoms with Gasteiger partial charge in [0.1, 0.15) is 5.82 Å². The van der Waals surface area contributed by atoms with E-state index in [0.717, 1.165) is 11.8 Å². The van der Waals surface area contributed by atoms with Gasteiger partial charge in [-0.25, -0.2) is 13.8 Å². The molecular formula is C19H20F2N2O. The van der Waals surface area contributed by atoms with Crippen LogP contribution in [0.1, 0.15) is 29.9 Å². The zero-order valence-corrected chi connectivity index (χ0v) is 13.7. The molecule has 3 nitrogen and oxygen atoms in total. The molecule has 2 rings (SSSR count). The largest absolute Gasteiger partial charge is 0.333 e. The Morgan fingerprint density at radius 2 is 1.96 bits per heavy atom. The molecule has 0 radical (unpaired) electrons. The summed E-state index contributed by atoms with van der Waals surface area (Å²) in [5.74, 6) is -2.08. The summed E-state index contributed by atoms with van der Waals surface area (Å²) >= 11 is 0. The Balaban J connectivity index is 2.15. The van der Waals surface area contributed by atoms with E-state index >= 15 is 0 Å². The molecule has 126 valence electrons. The van der Waals surface area contributed by atoms with Crippen molar-refractivity contribution in [1.82, 2.24) is 9.88 Å². The Hall–Kier alpha value is -2.56. The smallest absolute Gasteiger partial charge is 0.275 e. The molecular weight excluding hydrogens is 310 g/mol. The van der Waals surface area contributed by atoms with Crippen LogP contribution >= 0.6 is 0 Å². The van der Waals surface area contributed by atoms with Gasteiger partial charge in [-0.3, -0.25) is 4.79 Å². The van der Waals surface area contributed by atoms with E-state index < -0.39 is 17.5 Å². The van der Waals surface area contributed by atoms with Gasteiger partial charge in [0.05, 0.1) is 6.20 Å². The molecule has 0 unspecified atom stereocenters. The number of hydrogen-bond donors (Lipinski definition) is 0. The Bertz CT molecular complexity index is 715. The first-order valence-electron chi connectivity index (χ1n) is 7.79. The minimum Gasteiger partial charge on any atom is -0.333 e. The fourth-order valence-electron chi connectivity index (χ4n) is 2.28. The van der Waals surface area contributed by atoms with Gasteiger partial charge in [-0.1, -0.05) is 56.3 Å². The number of amides is 1. The van der Waals surface area contributed by atoms with Gasteiger partial charge in [-0.15, -0.1) is 0 Å². The van der Waals surface area contributed by atoms with E-state index in [9.17, 15) is 13.6 Å². The Morgan fingerprint density at radius 3 is 2.58 bits per heavy atom. The molecule has 0 aliphatic heterocycles. The molecule has 0 aliphatic rings. The van der Waals surface area contributed by atoms with Crippen molar-refractivity contribution in [3.05, 3.63) is 71.6 Å². The maximum atomic E-state index is 13.8. The first-order chi connectivity index (χ1) is 11.5. The normalized spacial score (nSPS) is 11.2. The Kier molecular flexibility index (Phi) is 6.18. The fourth-order valence-corrected chi connectivity index (χ4v) is 2.28. The van der Waals surface area contributed by atoms with Crippen LogP contribution in [0.25, 0.3) is 6.08 Å². The lowest BCUT2D eigenvalue weighted by molar-refractivity contribution is 0.0745. The zero-order valence-electron chi connectivity index (χ0n) is 13.7. The van der Waals surface area contributed by atoms with Gasteiger partial charge in [-0.2, -0.15) is 0 Å². The second kappa shape index (κ2) is 8.34. The second-order valence-electron chi connectivity index (χ2n) is 5.90. The number of aromatic nitrogens is 1.